The van der Waals surface area contributed by atoms with Crippen LogP contribution in [0.1, 0.15) is 52.0 Å². The van der Waals surface area contributed by atoms with E-state index in [4.69, 9.17) is 47.0 Å². The summed E-state index contributed by atoms with van der Waals surface area (Å²) in [5.74, 6) is 1.08. The minimum Gasteiger partial charge on any atom is -0.282 e. The fraction of sp³-hybridized carbons (Fsp3) is 0.385. The number of thiocarbonyl (C=S) groups is 1. The first kappa shape index (κ1) is 24.5. The third kappa shape index (κ3) is 5.09. The van der Waals surface area contributed by atoms with Crippen LogP contribution in [0.25, 0.3) is 6.08 Å². The molecule has 33 heavy (non-hydrogen) atoms. The van der Waals surface area contributed by atoms with E-state index in [1.54, 1.807) is 6.07 Å². The third-order valence-electron chi connectivity index (χ3n) is 6.51. The molecule has 1 aliphatic heterocycles. The third-order valence-corrected chi connectivity index (χ3v) is 7.61. The topological polar surface area (TPSA) is 29.2 Å². The van der Waals surface area contributed by atoms with Gasteiger partial charge in [0.15, 0.2) is 0 Å². The van der Waals surface area contributed by atoms with E-state index >= 15 is 0 Å². The number of halogens is 3. The molecular formula is C26H29Cl3N3S+. The molecule has 2 fully saturated rings. The van der Waals surface area contributed by atoms with Gasteiger partial charge in [0.25, 0.3) is 10.9 Å². The van der Waals surface area contributed by atoms with Crippen LogP contribution in [0.3, 0.4) is 0 Å². The first-order chi connectivity index (χ1) is 15.6. The van der Waals surface area contributed by atoms with E-state index < -0.39 is 0 Å². The highest BCUT2D eigenvalue weighted by atomic mass is 35.5. The van der Waals surface area contributed by atoms with Gasteiger partial charge in [0.1, 0.15) is 11.6 Å². The van der Waals surface area contributed by atoms with Crippen LogP contribution in [-0.4, -0.2) is 22.5 Å². The number of nitrogens with zero attached hydrogens (tertiary/aromatic N) is 1. The van der Waals surface area contributed by atoms with Gasteiger partial charge in [-0.1, -0.05) is 80.6 Å². The quantitative estimate of drug-likeness (QED) is 0.465. The SMILES string of the molecule is CC(C)(C)[C@@H](/C=C/c1ccc(Cl)cc1Cl)[NH+]=C1NC(=S)N(c2ccc(Cl)cc2)C12CCCC2. The van der Waals surface area contributed by atoms with Gasteiger partial charge in [0.2, 0.25) is 0 Å². The predicted octanol–water partition coefficient (Wildman–Crippen LogP) is 6.26. The highest BCUT2D eigenvalue weighted by molar-refractivity contribution is 7.80. The second-order valence-electron chi connectivity index (χ2n) is 9.87. The van der Waals surface area contributed by atoms with E-state index in [-0.39, 0.29) is 17.0 Å². The Morgan fingerprint density at radius 2 is 1.67 bits per heavy atom. The molecule has 1 saturated heterocycles. The number of hydrogen-bond acceptors (Lipinski definition) is 1. The molecule has 2 aromatic rings. The zero-order chi connectivity index (χ0) is 23.8. The Balaban J connectivity index is 1.73. The summed E-state index contributed by atoms with van der Waals surface area (Å²) in [5, 5.41) is 6.24. The van der Waals surface area contributed by atoms with Gasteiger partial charge in [0.05, 0.1) is 0 Å². The first-order valence-corrected chi connectivity index (χ1v) is 12.8. The minimum atomic E-state index is -0.194. The summed E-state index contributed by atoms with van der Waals surface area (Å²) in [5.41, 5.74) is 1.76. The highest BCUT2D eigenvalue weighted by Gasteiger charge is 2.56. The lowest BCUT2D eigenvalue weighted by Gasteiger charge is -2.32. The Bertz CT molecular complexity index is 1100. The minimum absolute atomic E-state index is 0.0425. The molecule has 0 amide bonds. The van der Waals surface area contributed by atoms with Gasteiger partial charge in [-0.15, -0.1) is 0 Å². The molecule has 0 aromatic heterocycles. The summed E-state index contributed by atoms with van der Waals surface area (Å²) < 4.78 is 0. The van der Waals surface area contributed by atoms with Gasteiger partial charge >= 0.3 is 0 Å². The van der Waals surface area contributed by atoms with E-state index in [2.05, 4.69) is 48.1 Å². The average Bonchev–Trinajstić information content (AvgIpc) is 3.32. The molecule has 1 spiro atoms. The summed E-state index contributed by atoms with van der Waals surface area (Å²) >= 11 is 24.5. The Kier molecular flexibility index (Phi) is 7.12. The van der Waals surface area contributed by atoms with Crippen LogP contribution in [0.4, 0.5) is 5.69 Å². The lowest BCUT2D eigenvalue weighted by atomic mass is 9.86. The smallest absolute Gasteiger partial charge is 0.276 e. The Morgan fingerprint density at radius 1 is 1.03 bits per heavy atom. The molecule has 1 aliphatic carbocycles. The molecule has 0 unspecified atom stereocenters. The van der Waals surface area contributed by atoms with Crippen LogP contribution in [0, 0.1) is 5.41 Å². The normalized spacial score (nSPS) is 20.2. The number of amidine groups is 1. The van der Waals surface area contributed by atoms with Crippen molar-refractivity contribution >= 4 is 69.7 Å². The summed E-state index contributed by atoms with van der Waals surface area (Å²) in [4.78, 5) is 6.10. The lowest BCUT2D eigenvalue weighted by Crippen LogP contribution is -2.86. The molecule has 2 aromatic carbocycles. The first-order valence-electron chi connectivity index (χ1n) is 11.2. The van der Waals surface area contributed by atoms with E-state index in [0.29, 0.717) is 10.0 Å². The van der Waals surface area contributed by atoms with Crippen molar-refractivity contribution in [2.75, 3.05) is 4.90 Å². The van der Waals surface area contributed by atoms with Crippen LogP contribution >= 0.6 is 47.0 Å². The Morgan fingerprint density at radius 3 is 2.27 bits per heavy atom. The number of nitrogens with one attached hydrogen (secondary N) is 2. The fourth-order valence-electron chi connectivity index (χ4n) is 4.69. The molecule has 1 atom stereocenters. The van der Waals surface area contributed by atoms with Crippen molar-refractivity contribution < 1.29 is 4.99 Å². The molecular weight excluding hydrogens is 493 g/mol. The molecule has 174 valence electrons. The van der Waals surface area contributed by atoms with Crippen molar-refractivity contribution in [1.29, 1.82) is 0 Å². The van der Waals surface area contributed by atoms with Gasteiger partial charge < -0.3 is 0 Å². The van der Waals surface area contributed by atoms with Crippen molar-refractivity contribution in [2.24, 2.45) is 5.41 Å². The predicted molar refractivity (Wildman–Crippen MR) is 146 cm³/mol. The van der Waals surface area contributed by atoms with Crippen molar-refractivity contribution in [3.63, 3.8) is 0 Å². The van der Waals surface area contributed by atoms with Crippen molar-refractivity contribution in [3.05, 3.63) is 69.2 Å². The molecule has 1 heterocycles. The van der Waals surface area contributed by atoms with Crippen molar-refractivity contribution in [3.8, 4) is 0 Å². The maximum absolute atomic E-state index is 6.41. The average molecular weight is 522 g/mol. The summed E-state index contributed by atoms with van der Waals surface area (Å²) in [6, 6.07) is 13.6. The monoisotopic (exact) mass is 520 g/mol. The molecule has 0 bridgehead atoms. The summed E-state index contributed by atoms with van der Waals surface area (Å²) in [6.07, 6.45) is 8.64. The Hall–Kier alpha value is -1.59. The van der Waals surface area contributed by atoms with Crippen molar-refractivity contribution in [1.82, 2.24) is 5.32 Å². The van der Waals surface area contributed by atoms with Gasteiger partial charge in [-0.2, -0.15) is 0 Å². The molecule has 1 saturated carbocycles. The fourth-order valence-corrected chi connectivity index (χ4v) is 5.67. The van der Waals surface area contributed by atoms with Gasteiger partial charge in [0, 0.05) is 26.2 Å². The lowest BCUT2D eigenvalue weighted by molar-refractivity contribution is -0.511. The number of rotatable bonds is 4. The summed E-state index contributed by atoms with van der Waals surface area (Å²) in [7, 11) is 0. The second kappa shape index (κ2) is 9.58. The molecule has 7 heteroatoms. The zero-order valence-electron chi connectivity index (χ0n) is 19.1. The maximum atomic E-state index is 6.41. The number of benzene rings is 2. The van der Waals surface area contributed by atoms with E-state index in [1.165, 1.54) is 0 Å². The number of hydrogen-bond donors (Lipinski definition) is 2. The molecule has 3 nitrogen and oxygen atoms in total. The van der Waals surface area contributed by atoms with E-state index in [1.807, 2.05) is 36.4 Å². The molecule has 2 aliphatic rings. The van der Waals surface area contributed by atoms with Crippen molar-refractivity contribution in [2.45, 2.75) is 58.0 Å². The van der Waals surface area contributed by atoms with Crippen LogP contribution in [0.15, 0.2) is 48.5 Å². The van der Waals surface area contributed by atoms with Gasteiger partial charge in [-0.3, -0.25) is 9.89 Å². The Labute approximate surface area is 216 Å². The van der Waals surface area contributed by atoms with Crippen LogP contribution in [0.5, 0.6) is 0 Å². The van der Waals surface area contributed by atoms with Crippen LogP contribution < -0.4 is 15.2 Å². The molecule has 2 N–H and O–H groups in total. The summed E-state index contributed by atoms with van der Waals surface area (Å²) in [6.45, 7) is 6.68. The van der Waals surface area contributed by atoms with E-state index in [0.717, 1.165) is 52.9 Å². The number of anilines is 1. The molecule has 4 rings (SSSR count). The van der Waals surface area contributed by atoms with Gasteiger partial charge in [-0.25, -0.2) is 5.32 Å². The highest BCUT2D eigenvalue weighted by Crippen LogP contribution is 2.41. The zero-order valence-corrected chi connectivity index (χ0v) is 22.2. The second-order valence-corrected chi connectivity index (χ2v) is 11.5. The standard InChI is InChI=1S/C26H28Cl3N3S/c1-25(2,3)22(13-7-17-6-8-19(28)16-21(17)29)30-23-26(14-4-5-15-26)32(24(33)31-23)20-11-9-18(27)10-12-20/h6-13,16,22H,4-5,14-15H2,1-3H3,(H,30,31,33)/p+1/b13-7+/t22-/m1/s1. The largest absolute Gasteiger partial charge is 0.282 e. The van der Waals surface area contributed by atoms with Gasteiger partial charge in [-0.05, 0) is 73.1 Å². The van der Waals surface area contributed by atoms with E-state index in [9.17, 15) is 0 Å². The molecule has 0 radical (unpaired) electrons. The van der Waals surface area contributed by atoms with Crippen LogP contribution in [-0.2, 0) is 0 Å². The maximum Gasteiger partial charge on any atom is 0.276 e. The van der Waals surface area contributed by atoms with Crippen LogP contribution in [0.2, 0.25) is 15.1 Å².